The number of methoxy groups -OCH3 is 1. The zero-order valence-electron chi connectivity index (χ0n) is 13.6. The number of para-hydroxylation sites is 1. The molecule has 0 unspecified atom stereocenters. The Kier molecular flexibility index (Phi) is 5.03. The molecule has 0 bridgehead atoms. The number of nitrogens with zero attached hydrogens (tertiary/aromatic N) is 2. The number of benzene rings is 1. The van der Waals surface area contributed by atoms with Gasteiger partial charge in [0.05, 0.1) is 29.3 Å². The molecule has 0 N–H and O–H groups in total. The minimum absolute atomic E-state index is 0.120. The molecule has 1 aromatic carbocycles. The van der Waals surface area contributed by atoms with E-state index < -0.39 is 0 Å². The maximum Gasteiger partial charge on any atom is 0.267 e. The lowest BCUT2D eigenvalue weighted by Gasteiger charge is -2.15. The smallest absolute Gasteiger partial charge is 0.267 e. The van der Waals surface area contributed by atoms with Crippen molar-refractivity contribution in [3.63, 3.8) is 0 Å². The normalized spacial score (nSPS) is 20.3. The van der Waals surface area contributed by atoms with Crippen LogP contribution in [-0.4, -0.2) is 47.8 Å². The molecule has 126 valence electrons. The number of fused-ring (bicyclic) bond motifs is 1. The third-order valence-corrected chi connectivity index (χ3v) is 5.41. The third-order valence-electron chi connectivity index (χ3n) is 3.97. The molecule has 2 aliphatic rings. The van der Waals surface area contributed by atoms with Gasteiger partial charge < -0.3 is 9.64 Å². The van der Waals surface area contributed by atoms with E-state index in [4.69, 9.17) is 17.0 Å². The summed E-state index contributed by atoms with van der Waals surface area (Å²) >= 11 is 6.52. The topological polar surface area (TPSA) is 49.9 Å². The Morgan fingerprint density at radius 1 is 1.12 bits per heavy atom. The third kappa shape index (κ3) is 2.76. The number of thiocarbonyl (C=S) groups is 1. The molecule has 5 nitrogen and oxygen atoms in total. The van der Waals surface area contributed by atoms with Gasteiger partial charge in [-0.15, -0.1) is 0 Å². The van der Waals surface area contributed by atoms with Crippen LogP contribution in [0.4, 0.5) is 5.69 Å². The van der Waals surface area contributed by atoms with E-state index >= 15 is 0 Å². The Morgan fingerprint density at radius 3 is 2.58 bits per heavy atom. The molecule has 0 atom stereocenters. The molecule has 0 aliphatic carbocycles. The summed E-state index contributed by atoms with van der Waals surface area (Å²) < 4.78 is 5.50. The number of carbonyl (C=O) groups excluding carboxylic acids is 2. The van der Waals surface area contributed by atoms with Crippen molar-refractivity contribution >= 4 is 51.4 Å². The molecule has 24 heavy (non-hydrogen) atoms. The number of carbonyl (C=O) groups is 2. The van der Waals surface area contributed by atoms with Gasteiger partial charge in [-0.25, -0.2) is 0 Å². The van der Waals surface area contributed by atoms with Crippen LogP contribution in [0.1, 0.15) is 18.9 Å². The summed E-state index contributed by atoms with van der Waals surface area (Å²) in [6, 6.07) is 7.59. The Labute approximate surface area is 150 Å². The van der Waals surface area contributed by atoms with Gasteiger partial charge in [0.2, 0.25) is 0 Å². The highest BCUT2D eigenvalue weighted by molar-refractivity contribution is 8.26. The van der Waals surface area contributed by atoms with Crippen LogP contribution in [0.2, 0.25) is 0 Å². The molecule has 3 rings (SSSR count). The van der Waals surface area contributed by atoms with E-state index in [0.717, 1.165) is 17.7 Å². The van der Waals surface area contributed by atoms with Crippen LogP contribution in [-0.2, 0) is 14.3 Å². The first-order chi connectivity index (χ1) is 11.6. The maximum atomic E-state index is 12.9. The predicted molar refractivity (Wildman–Crippen MR) is 99.8 cm³/mol. The molecule has 1 saturated heterocycles. The van der Waals surface area contributed by atoms with Crippen LogP contribution in [0.5, 0.6) is 0 Å². The maximum absolute atomic E-state index is 12.9. The molecule has 1 fully saturated rings. The SMILES string of the molecule is CCCN1C(=O)C(=C2SC(=S)N(CCOC)C2=O)c2ccccc21. The molecule has 0 aromatic heterocycles. The molecule has 0 spiro atoms. The van der Waals surface area contributed by atoms with Crippen molar-refractivity contribution in [1.82, 2.24) is 4.90 Å². The number of thioether (sulfide) groups is 1. The van der Waals surface area contributed by atoms with E-state index in [2.05, 4.69) is 0 Å². The van der Waals surface area contributed by atoms with Crippen LogP contribution in [0.25, 0.3) is 5.57 Å². The zero-order valence-corrected chi connectivity index (χ0v) is 15.2. The standard InChI is InChI=1S/C17H18N2O3S2/c1-3-8-18-12-7-5-4-6-11(12)13(15(18)20)14-16(21)19(9-10-22-2)17(23)24-14/h4-7H,3,8-10H2,1-2H3. The van der Waals surface area contributed by atoms with E-state index in [-0.39, 0.29) is 11.8 Å². The van der Waals surface area contributed by atoms with E-state index in [1.165, 1.54) is 16.7 Å². The highest BCUT2D eigenvalue weighted by Crippen LogP contribution is 2.44. The second-order valence-electron chi connectivity index (χ2n) is 5.50. The van der Waals surface area contributed by atoms with Gasteiger partial charge in [0.15, 0.2) is 0 Å². The Morgan fingerprint density at radius 2 is 1.88 bits per heavy atom. The van der Waals surface area contributed by atoms with Crippen molar-refractivity contribution < 1.29 is 14.3 Å². The van der Waals surface area contributed by atoms with Crippen molar-refractivity contribution in [2.75, 3.05) is 31.7 Å². The summed E-state index contributed by atoms with van der Waals surface area (Å²) in [4.78, 5) is 29.4. The van der Waals surface area contributed by atoms with Gasteiger partial charge in [0.25, 0.3) is 11.8 Å². The van der Waals surface area contributed by atoms with E-state index in [0.29, 0.717) is 34.5 Å². The van der Waals surface area contributed by atoms with Crippen LogP contribution in [0.3, 0.4) is 0 Å². The molecule has 7 heteroatoms. The summed E-state index contributed by atoms with van der Waals surface area (Å²) in [5, 5.41) is 0. The van der Waals surface area contributed by atoms with Crippen molar-refractivity contribution in [3.05, 3.63) is 34.7 Å². The lowest BCUT2D eigenvalue weighted by Crippen LogP contribution is -2.32. The molecule has 2 amide bonds. The lowest BCUT2D eigenvalue weighted by molar-refractivity contribution is -0.123. The Balaban J connectivity index is 2.05. The largest absolute Gasteiger partial charge is 0.383 e. The van der Waals surface area contributed by atoms with Crippen molar-refractivity contribution in [2.45, 2.75) is 13.3 Å². The Bertz CT molecular complexity index is 745. The average Bonchev–Trinajstić information content (AvgIpc) is 3.01. The van der Waals surface area contributed by atoms with Gasteiger partial charge in [0.1, 0.15) is 4.32 Å². The Hall–Kier alpha value is -1.70. The van der Waals surface area contributed by atoms with Gasteiger partial charge in [-0.2, -0.15) is 0 Å². The number of hydrogen-bond donors (Lipinski definition) is 0. The van der Waals surface area contributed by atoms with Gasteiger partial charge in [-0.3, -0.25) is 14.5 Å². The highest BCUT2D eigenvalue weighted by atomic mass is 32.2. The van der Waals surface area contributed by atoms with Crippen LogP contribution in [0.15, 0.2) is 29.2 Å². The first-order valence-corrected chi connectivity index (χ1v) is 9.00. The van der Waals surface area contributed by atoms with Gasteiger partial charge in [-0.1, -0.05) is 49.1 Å². The number of amides is 2. The number of hydrogen-bond acceptors (Lipinski definition) is 5. The molecule has 1 aromatic rings. The minimum Gasteiger partial charge on any atom is -0.383 e. The van der Waals surface area contributed by atoms with Crippen LogP contribution in [0, 0.1) is 0 Å². The number of rotatable bonds is 5. The quantitative estimate of drug-likeness (QED) is 0.595. The first kappa shape index (κ1) is 17.1. The van der Waals surface area contributed by atoms with Crippen LogP contribution < -0.4 is 4.90 Å². The lowest BCUT2D eigenvalue weighted by atomic mass is 10.1. The molecule has 0 radical (unpaired) electrons. The fraction of sp³-hybridized carbons (Fsp3) is 0.353. The zero-order chi connectivity index (χ0) is 17.3. The van der Waals surface area contributed by atoms with Gasteiger partial charge in [-0.05, 0) is 12.5 Å². The number of anilines is 1. The molecular formula is C17H18N2O3S2. The number of ether oxygens (including phenoxy) is 1. The summed E-state index contributed by atoms with van der Waals surface area (Å²) in [6.45, 7) is 3.45. The molecule has 2 aliphatic heterocycles. The van der Waals surface area contributed by atoms with Gasteiger partial charge in [0, 0.05) is 19.2 Å². The van der Waals surface area contributed by atoms with E-state index in [1.54, 1.807) is 12.0 Å². The van der Waals surface area contributed by atoms with Crippen molar-refractivity contribution in [3.8, 4) is 0 Å². The fourth-order valence-electron chi connectivity index (χ4n) is 2.87. The summed E-state index contributed by atoms with van der Waals surface area (Å²) in [7, 11) is 1.58. The summed E-state index contributed by atoms with van der Waals surface area (Å²) in [5.41, 5.74) is 2.14. The minimum atomic E-state index is -0.210. The fourth-order valence-corrected chi connectivity index (χ4v) is 4.25. The second-order valence-corrected chi connectivity index (χ2v) is 7.14. The summed E-state index contributed by atoms with van der Waals surface area (Å²) in [5.74, 6) is -0.330. The first-order valence-electron chi connectivity index (χ1n) is 7.78. The molecular weight excluding hydrogens is 344 g/mol. The van der Waals surface area contributed by atoms with Gasteiger partial charge >= 0.3 is 0 Å². The molecule has 2 heterocycles. The average molecular weight is 362 g/mol. The highest BCUT2D eigenvalue weighted by Gasteiger charge is 2.41. The second kappa shape index (κ2) is 7.04. The predicted octanol–water partition coefficient (Wildman–Crippen LogP) is 2.66. The van der Waals surface area contributed by atoms with Crippen molar-refractivity contribution in [2.24, 2.45) is 0 Å². The van der Waals surface area contributed by atoms with Crippen LogP contribution >= 0.6 is 24.0 Å². The van der Waals surface area contributed by atoms with E-state index in [9.17, 15) is 9.59 Å². The summed E-state index contributed by atoms with van der Waals surface area (Å²) in [6.07, 6.45) is 0.849. The molecule has 0 saturated carbocycles. The van der Waals surface area contributed by atoms with Crippen molar-refractivity contribution in [1.29, 1.82) is 0 Å². The van der Waals surface area contributed by atoms with E-state index in [1.807, 2.05) is 31.2 Å². The monoisotopic (exact) mass is 362 g/mol.